The minimum Gasteiger partial charge on any atom is -0.309 e. The van der Waals surface area contributed by atoms with Gasteiger partial charge in [0.15, 0.2) is 0 Å². The molecule has 0 radical (unpaired) electrons. The van der Waals surface area contributed by atoms with E-state index in [-0.39, 0.29) is 0 Å². The molecule has 10 aromatic carbocycles. The molecule has 2 aromatic heterocycles. The molecule has 2 nitrogen and oxygen atoms in total. The van der Waals surface area contributed by atoms with Gasteiger partial charge in [0.25, 0.3) is 0 Å². The lowest BCUT2D eigenvalue weighted by molar-refractivity contribution is 1.18. The predicted octanol–water partition coefficient (Wildman–Crippen LogP) is 15.2. The minimum atomic E-state index is 1.16. The van der Waals surface area contributed by atoms with E-state index >= 15 is 0 Å². The Hall–Kier alpha value is -7.68. The van der Waals surface area contributed by atoms with Gasteiger partial charge in [0, 0.05) is 32.9 Å². The van der Waals surface area contributed by atoms with Gasteiger partial charge in [-0.15, -0.1) is 0 Å². The maximum Gasteiger partial charge on any atom is 0.0547 e. The molecule has 0 unspecified atom stereocenters. The number of fused-ring (bicyclic) bond motifs is 10. The molecule has 1 aliphatic rings. The standard InChI is InChI=1S/C56H34N2/c1-2-15-40(16-3-1)57-54-29-25-38(33-50(54)51-31-35-12-4-5-13-36(35)34-55(51)57)37-24-28-53-49(32-37)45-20-8-9-23-52(45)58(53)41-17-10-14-39(30-41)42-26-27-48-44-19-7-6-18-43(44)47-22-11-21-46(42)56(47)48/h1-34H. The van der Waals surface area contributed by atoms with E-state index in [9.17, 15) is 0 Å². The molecule has 1 aliphatic carbocycles. The zero-order chi connectivity index (χ0) is 37.9. The summed E-state index contributed by atoms with van der Waals surface area (Å²) in [7, 11) is 0. The molecule has 268 valence electrons. The molecule has 2 heterocycles. The van der Waals surface area contributed by atoms with Crippen LogP contribution in [0.1, 0.15) is 0 Å². The lowest BCUT2D eigenvalue weighted by Gasteiger charge is -2.13. The van der Waals surface area contributed by atoms with Crippen molar-refractivity contribution >= 4 is 65.2 Å². The van der Waals surface area contributed by atoms with Crippen LogP contribution in [0, 0.1) is 0 Å². The van der Waals surface area contributed by atoms with Crippen LogP contribution < -0.4 is 0 Å². The van der Waals surface area contributed by atoms with Crippen molar-refractivity contribution in [3.63, 3.8) is 0 Å². The summed E-state index contributed by atoms with van der Waals surface area (Å²) in [6, 6.07) is 76.3. The quantitative estimate of drug-likeness (QED) is 0.170. The second-order valence-electron chi connectivity index (χ2n) is 15.7. The highest BCUT2D eigenvalue weighted by molar-refractivity contribution is 6.19. The summed E-state index contributed by atoms with van der Waals surface area (Å²) in [6.07, 6.45) is 0. The Morgan fingerprint density at radius 2 is 0.776 bits per heavy atom. The van der Waals surface area contributed by atoms with Gasteiger partial charge in [-0.05, 0) is 133 Å². The number of hydrogen-bond donors (Lipinski definition) is 0. The lowest BCUT2D eigenvalue weighted by Crippen LogP contribution is -1.94. The molecule has 0 bridgehead atoms. The normalized spacial score (nSPS) is 12.1. The third-order valence-corrected chi connectivity index (χ3v) is 12.6. The van der Waals surface area contributed by atoms with Gasteiger partial charge in [0.2, 0.25) is 0 Å². The van der Waals surface area contributed by atoms with Gasteiger partial charge in [-0.1, -0.05) is 140 Å². The van der Waals surface area contributed by atoms with Crippen molar-refractivity contribution in [2.24, 2.45) is 0 Å². The highest BCUT2D eigenvalue weighted by Crippen LogP contribution is 2.49. The number of benzene rings is 10. The summed E-state index contributed by atoms with van der Waals surface area (Å²) < 4.78 is 4.85. The molecule has 58 heavy (non-hydrogen) atoms. The Bertz CT molecular complexity index is 3650. The van der Waals surface area contributed by atoms with E-state index in [0.717, 1.165) is 5.69 Å². The summed E-state index contributed by atoms with van der Waals surface area (Å²) in [5.74, 6) is 0. The zero-order valence-electron chi connectivity index (χ0n) is 31.5. The van der Waals surface area contributed by atoms with Crippen molar-refractivity contribution in [2.45, 2.75) is 0 Å². The second kappa shape index (κ2) is 11.9. The molecule has 0 amide bonds. The van der Waals surface area contributed by atoms with E-state index in [1.165, 1.54) is 115 Å². The van der Waals surface area contributed by atoms with Gasteiger partial charge in [0.05, 0.1) is 22.1 Å². The SMILES string of the molecule is c1ccc(-n2c3ccc(-c4ccc5c(c4)c4ccccc4n5-c4cccc(-c5ccc6c7c(cccc57)-c5ccccc5-6)c4)cc3c3cc4ccccc4cc32)cc1. The van der Waals surface area contributed by atoms with E-state index in [1.54, 1.807) is 0 Å². The summed E-state index contributed by atoms with van der Waals surface area (Å²) in [5.41, 5.74) is 17.4. The van der Waals surface area contributed by atoms with E-state index < -0.39 is 0 Å². The molecule has 12 aromatic rings. The largest absolute Gasteiger partial charge is 0.309 e. The van der Waals surface area contributed by atoms with Gasteiger partial charge >= 0.3 is 0 Å². The number of hydrogen-bond acceptors (Lipinski definition) is 0. The molecule has 0 atom stereocenters. The average Bonchev–Trinajstić information content (AvgIpc) is 3.92. The monoisotopic (exact) mass is 734 g/mol. The van der Waals surface area contributed by atoms with Crippen molar-refractivity contribution in [1.29, 1.82) is 0 Å². The first-order valence-corrected chi connectivity index (χ1v) is 20.1. The number of rotatable bonds is 4. The number of aromatic nitrogens is 2. The first-order chi connectivity index (χ1) is 28.8. The third kappa shape index (κ3) is 4.43. The number of nitrogens with zero attached hydrogens (tertiary/aromatic N) is 2. The molecule has 0 spiro atoms. The fourth-order valence-corrected chi connectivity index (χ4v) is 10.0. The van der Waals surface area contributed by atoms with Crippen LogP contribution in [0.15, 0.2) is 206 Å². The maximum atomic E-state index is 2.44. The average molecular weight is 735 g/mol. The highest BCUT2D eigenvalue weighted by atomic mass is 15.0. The van der Waals surface area contributed by atoms with Gasteiger partial charge in [-0.2, -0.15) is 0 Å². The van der Waals surface area contributed by atoms with E-state index in [2.05, 4.69) is 215 Å². The Morgan fingerprint density at radius 1 is 0.241 bits per heavy atom. The maximum absolute atomic E-state index is 2.44. The first-order valence-electron chi connectivity index (χ1n) is 20.1. The predicted molar refractivity (Wildman–Crippen MR) is 245 cm³/mol. The van der Waals surface area contributed by atoms with Crippen LogP contribution in [-0.4, -0.2) is 9.13 Å². The van der Waals surface area contributed by atoms with Crippen LogP contribution >= 0.6 is 0 Å². The van der Waals surface area contributed by atoms with Crippen molar-refractivity contribution in [1.82, 2.24) is 9.13 Å². The fraction of sp³-hybridized carbons (Fsp3) is 0. The first kappa shape index (κ1) is 31.5. The van der Waals surface area contributed by atoms with E-state index in [1.807, 2.05) is 0 Å². The van der Waals surface area contributed by atoms with Gasteiger partial charge in [-0.25, -0.2) is 0 Å². The zero-order valence-corrected chi connectivity index (χ0v) is 31.5. The van der Waals surface area contributed by atoms with Crippen LogP contribution in [0.4, 0.5) is 0 Å². The fourth-order valence-electron chi connectivity index (χ4n) is 10.0. The molecule has 0 saturated carbocycles. The Balaban J connectivity index is 0.969. The van der Waals surface area contributed by atoms with Crippen LogP contribution in [-0.2, 0) is 0 Å². The van der Waals surface area contributed by atoms with Crippen molar-refractivity contribution in [3.05, 3.63) is 206 Å². The molecule has 13 rings (SSSR count). The Morgan fingerprint density at radius 3 is 1.57 bits per heavy atom. The molecule has 0 N–H and O–H groups in total. The highest BCUT2D eigenvalue weighted by Gasteiger charge is 2.23. The van der Waals surface area contributed by atoms with Gasteiger partial charge in [-0.3, -0.25) is 0 Å². The summed E-state index contributed by atoms with van der Waals surface area (Å²) >= 11 is 0. The number of para-hydroxylation sites is 2. The molecule has 0 fully saturated rings. The molecule has 0 aliphatic heterocycles. The van der Waals surface area contributed by atoms with Crippen LogP contribution in [0.25, 0.3) is 121 Å². The van der Waals surface area contributed by atoms with Crippen LogP contribution in [0.5, 0.6) is 0 Å². The van der Waals surface area contributed by atoms with Crippen molar-refractivity contribution in [3.8, 4) is 55.9 Å². The Labute approximate surface area is 335 Å². The topological polar surface area (TPSA) is 9.86 Å². The van der Waals surface area contributed by atoms with Gasteiger partial charge in [0.1, 0.15) is 0 Å². The third-order valence-electron chi connectivity index (χ3n) is 12.6. The van der Waals surface area contributed by atoms with Crippen LogP contribution in [0.3, 0.4) is 0 Å². The summed E-state index contributed by atoms with van der Waals surface area (Å²) in [4.78, 5) is 0. The van der Waals surface area contributed by atoms with Crippen molar-refractivity contribution < 1.29 is 0 Å². The van der Waals surface area contributed by atoms with E-state index in [4.69, 9.17) is 0 Å². The minimum absolute atomic E-state index is 1.16. The Kier molecular flexibility index (Phi) is 6.47. The summed E-state index contributed by atoms with van der Waals surface area (Å²) in [6.45, 7) is 0. The van der Waals surface area contributed by atoms with E-state index in [0.29, 0.717) is 0 Å². The summed E-state index contributed by atoms with van der Waals surface area (Å²) in [5, 5.41) is 10.2. The second-order valence-corrected chi connectivity index (χ2v) is 15.7. The molecular formula is C56H34N2. The van der Waals surface area contributed by atoms with Crippen LogP contribution in [0.2, 0.25) is 0 Å². The molecule has 2 heteroatoms. The molecule has 0 saturated heterocycles. The van der Waals surface area contributed by atoms with Gasteiger partial charge < -0.3 is 9.13 Å². The lowest BCUT2D eigenvalue weighted by atomic mass is 9.94. The smallest absolute Gasteiger partial charge is 0.0547 e. The van der Waals surface area contributed by atoms with Crippen molar-refractivity contribution in [2.75, 3.05) is 0 Å². The molecular weight excluding hydrogens is 701 g/mol.